The Bertz CT molecular complexity index is 1230. The molecule has 0 spiro atoms. The number of H-pyrrole nitrogens is 3. The average molecular weight is 502 g/mol. The third-order valence-corrected chi connectivity index (χ3v) is 7.71. The molecule has 1 aromatic carbocycles. The van der Waals surface area contributed by atoms with E-state index in [-0.39, 0.29) is 11.6 Å². The number of nitrogens with one attached hydrogen (secondary N) is 3. The van der Waals surface area contributed by atoms with E-state index in [0.29, 0.717) is 0 Å². The summed E-state index contributed by atoms with van der Waals surface area (Å²) in [6.07, 6.45) is 5.76. The number of hydrogen-bond donors (Lipinski definition) is 3. The zero-order valence-corrected chi connectivity index (χ0v) is 23.1. The standard InChI is InChI=1S/C29H41N8/c1-7-36(8-2)27(25-19-30-35-28(25)23-14-12-11-13-15-23)18-29(37(9-3)10-4,26-20-31-33-22(26)6)17-24-16-21(5)32-34-24/h11-15,19-20,27H,7-10,17-18H2,1-6H3,(H,30,35)(H,31,33)(H,32,34). The summed E-state index contributed by atoms with van der Waals surface area (Å²) >= 11 is 0. The van der Waals surface area contributed by atoms with Gasteiger partial charge in [-0.3, -0.25) is 25.1 Å². The highest BCUT2D eigenvalue weighted by Crippen LogP contribution is 2.44. The molecule has 0 saturated heterocycles. The van der Waals surface area contributed by atoms with Crippen LogP contribution in [-0.2, 0) is 12.0 Å². The Kier molecular flexibility index (Phi) is 8.61. The summed E-state index contributed by atoms with van der Waals surface area (Å²) in [5.41, 5.74) is 7.14. The molecule has 2 atom stereocenters. The Morgan fingerprint density at radius 2 is 1.59 bits per heavy atom. The zero-order chi connectivity index (χ0) is 26.4. The maximum absolute atomic E-state index is 4.73. The summed E-state index contributed by atoms with van der Waals surface area (Å²) < 4.78 is 0. The first kappa shape index (κ1) is 26.8. The molecular formula is C29H41N8. The highest BCUT2D eigenvalue weighted by atomic mass is 15.2. The number of hydrogen-bond acceptors (Lipinski definition) is 5. The molecule has 4 rings (SSSR count). The quantitative estimate of drug-likeness (QED) is 0.234. The summed E-state index contributed by atoms with van der Waals surface area (Å²) in [4.78, 5) is 5.12. The Hall–Kier alpha value is -3.23. The van der Waals surface area contributed by atoms with Crippen molar-refractivity contribution in [3.8, 4) is 11.3 Å². The van der Waals surface area contributed by atoms with Crippen molar-refractivity contribution in [2.24, 2.45) is 0 Å². The van der Waals surface area contributed by atoms with Crippen molar-refractivity contribution >= 4 is 0 Å². The van der Waals surface area contributed by atoms with Gasteiger partial charge >= 0.3 is 0 Å². The van der Waals surface area contributed by atoms with Gasteiger partial charge < -0.3 is 0 Å². The first-order valence-electron chi connectivity index (χ1n) is 13.5. The molecule has 4 aromatic rings. The van der Waals surface area contributed by atoms with Crippen LogP contribution in [0.15, 0.2) is 42.7 Å². The Labute approximate surface area is 220 Å². The fourth-order valence-electron chi connectivity index (χ4n) is 5.93. The first-order valence-corrected chi connectivity index (χ1v) is 13.5. The summed E-state index contributed by atoms with van der Waals surface area (Å²) in [5, 5.41) is 23.4. The number of benzene rings is 1. The van der Waals surface area contributed by atoms with Crippen LogP contribution in [0.2, 0.25) is 0 Å². The highest BCUT2D eigenvalue weighted by Gasteiger charge is 2.44. The van der Waals surface area contributed by atoms with Gasteiger partial charge in [0.1, 0.15) is 0 Å². The fraction of sp³-hybridized carbons (Fsp3) is 0.483. The lowest BCUT2D eigenvalue weighted by Gasteiger charge is -2.47. The number of likely N-dealkylation sites (N-methyl/N-ethyl adjacent to an activating group) is 1. The van der Waals surface area contributed by atoms with Crippen molar-refractivity contribution in [1.29, 1.82) is 0 Å². The molecule has 1 radical (unpaired) electrons. The van der Waals surface area contributed by atoms with E-state index in [1.54, 1.807) is 0 Å². The molecule has 37 heavy (non-hydrogen) atoms. The van der Waals surface area contributed by atoms with E-state index in [1.165, 1.54) is 11.1 Å². The minimum absolute atomic E-state index is 0.124. The van der Waals surface area contributed by atoms with Gasteiger partial charge in [-0.2, -0.15) is 15.3 Å². The predicted octanol–water partition coefficient (Wildman–Crippen LogP) is 5.19. The monoisotopic (exact) mass is 501 g/mol. The van der Waals surface area contributed by atoms with Crippen LogP contribution in [0, 0.1) is 19.9 Å². The van der Waals surface area contributed by atoms with Gasteiger partial charge in [0, 0.05) is 53.3 Å². The normalized spacial score (nSPS) is 14.4. The lowest BCUT2D eigenvalue weighted by atomic mass is 9.76. The molecule has 0 saturated carbocycles. The smallest absolute Gasteiger partial charge is 0.0968 e. The van der Waals surface area contributed by atoms with E-state index in [4.69, 9.17) is 5.10 Å². The first-order chi connectivity index (χ1) is 18.0. The van der Waals surface area contributed by atoms with Crippen LogP contribution in [-0.4, -0.2) is 66.6 Å². The Morgan fingerprint density at radius 3 is 2.16 bits per heavy atom. The Morgan fingerprint density at radius 1 is 0.892 bits per heavy atom. The SMILES string of the molecule is CCN(CC)C(CC(Cc1[c]c(C)[nH]n1)(c1c[nH]nc1C)N(CC)CC)c1c[nH]nc1-c1ccccc1. The molecule has 197 valence electrons. The summed E-state index contributed by atoms with van der Waals surface area (Å²) in [6.45, 7) is 16.8. The second-order valence-electron chi connectivity index (χ2n) is 9.68. The molecule has 0 fully saturated rings. The van der Waals surface area contributed by atoms with Gasteiger partial charge in [-0.15, -0.1) is 0 Å². The van der Waals surface area contributed by atoms with Gasteiger partial charge in [-0.05, 0) is 46.4 Å². The van der Waals surface area contributed by atoms with E-state index >= 15 is 0 Å². The van der Waals surface area contributed by atoms with Gasteiger partial charge in [0.15, 0.2) is 0 Å². The average Bonchev–Trinajstić information content (AvgIpc) is 3.66. The van der Waals surface area contributed by atoms with Gasteiger partial charge in [-0.1, -0.05) is 58.0 Å². The van der Waals surface area contributed by atoms with Crippen molar-refractivity contribution in [2.45, 2.75) is 66.0 Å². The number of nitrogens with zero attached hydrogens (tertiary/aromatic N) is 5. The predicted molar refractivity (Wildman–Crippen MR) is 148 cm³/mol. The zero-order valence-electron chi connectivity index (χ0n) is 23.1. The van der Waals surface area contributed by atoms with Gasteiger partial charge in [0.05, 0.1) is 22.6 Å². The second kappa shape index (κ2) is 11.9. The number of aromatic nitrogens is 6. The molecule has 3 heterocycles. The van der Waals surface area contributed by atoms with Crippen LogP contribution in [0.3, 0.4) is 0 Å². The largest absolute Gasteiger partial charge is 0.297 e. The Balaban J connectivity index is 1.91. The minimum atomic E-state index is -0.350. The summed E-state index contributed by atoms with van der Waals surface area (Å²) in [7, 11) is 0. The lowest BCUT2D eigenvalue weighted by molar-refractivity contribution is 0.0475. The molecule has 2 unspecified atom stereocenters. The van der Waals surface area contributed by atoms with Crippen molar-refractivity contribution in [1.82, 2.24) is 40.4 Å². The molecule has 0 aliphatic rings. The van der Waals surface area contributed by atoms with Crippen LogP contribution in [0.1, 0.15) is 68.4 Å². The van der Waals surface area contributed by atoms with Crippen molar-refractivity contribution in [3.05, 3.63) is 77.0 Å². The van der Waals surface area contributed by atoms with E-state index < -0.39 is 0 Å². The van der Waals surface area contributed by atoms with Crippen molar-refractivity contribution in [3.63, 3.8) is 0 Å². The van der Waals surface area contributed by atoms with Gasteiger partial charge in [0.25, 0.3) is 0 Å². The molecule has 0 bridgehead atoms. The molecule has 3 aromatic heterocycles. The van der Waals surface area contributed by atoms with Crippen LogP contribution in [0.25, 0.3) is 11.3 Å². The van der Waals surface area contributed by atoms with Crippen molar-refractivity contribution < 1.29 is 0 Å². The second-order valence-corrected chi connectivity index (χ2v) is 9.68. The lowest BCUT2D eigenvalue weighted by Crippen LogP contribution is -2.50. The molecule has 8 heteroatoms. The van der Waals surface area contributed by atoms with E-state index in [0.717, 1.165) is 67.4 Å². The van der Waals surface area contributed by atoms with Crippen LogP contribution < -0.4 is 0 Å². The van der Waals surface area contributed by atoms with E-state index in [2.05, 4.69) is 113 Å². The van der Waals surface area contributed by atoms with E-state index in [9.17, 15) is 0 Å². The topological polar surface area (TPSA) is 92.5 Å². The molecular weight excluding hydrogens is 460 g/mol. The summed E-state index contributed by atoms with van der Waals surface area (Å²) in [5.74, 6) is 0. The number of aryl methyl sites for hydroxylation is 2. The third-order valence-electron chi connectivity index (χ3n) is 7.71. The minimum Gasteiger partial charge on any atom is -0.297 e. The molecule has 0 aliphatic heterocycles. The maximum atomic E-state index is 4.73. The number of rotatable bonds is 13. The highest BCUT2D eigenvalue weighted by molar-refractivity contribution is 5.63. The van der Waals surface area contributed by atoms with Gasteiger partial charge in [0.2, 0.25) is 0 Å². The van der Waals surface area contributed by atoms with Crippen molar-refractivity contribution in [2.75, 3.05) is 26.2 Å². The molecule has 8 nitrogen and oxygen atoms in total. The van der Waals surface area contributed by atoms with Crippen LogP contribution >= 0.6 is 0 Å². The number of aromatic amines is 3. The third kappa shape index (κ3) is 5.40. The van der Waals surface area contributed by atoms with Gasteiger partial charge in [-0.25, -0.2) is 0 Å². The summed E-state index contributed by atoms with van der Waals surface area (Å²) in [6, 6.07) is 14.1. The van der Waals surface area contributed by atoms with Crippen LogP contribution in [0.4, 0.5) is 0 Å². The van der Waals surface area contributed by atoms with Crippen LogP contribution in [0.5, 0.6) is 0 Å². The molecule has 0 aliphatic carbocycles. The maximum Gasteiger partial charge on any atom is 0.0968 e. The van der Waals surface area contributed by atoms with E-state index in [1.807, 2.05) is 13.0 Å². The molecule has 3 N–H and O–H groups in total. The molecule has 0 amide bonds. The fourth-order valence-corrected chi connectivity index (χ4v) is 5.93.